The van der Waals surface area contributed by atoms with E-state index in [1.807, 2.05) is 53.4 Å². The van der Waals surface area contributed by atoms with E-state index in [0.717, 1.165) is 35.9 Å². The maximum absolute atomic E-state index is 12.6. The molecule has 2 aromatic carbocycles. The summed E-state index contributed by atoms with van der Waals surface area (Å²) >= 11 is 0. The van der Waals surface area contributed by atoms with Gasteiger partial charge in [0.15, 0.2) is 11.6 Å². The number of hydrogen-bond acceptors (Lipinski definition) is 6. The Hall–Kier alpha value is -3.61. The van der Waals surface area contributed by atoms with E-state index in [1.165, 1.54) is 5.56 Å². The molecular weight excluding hydrogens is 390 g/mol. The van der Waals surface area contributed by atoms with Gasteiger partial charge in [-0.05, 0) is 48.9 Å². The normalized spacial score (nSPS) is 13.7. The largest absolute Gasteiger partial charge is 0.497 e. The minimum absolute atomic E-state index is 0.147. The van der Waals surface area contributed by atoms with Gasteiger partial charge in [0.1, 0.15) is 5.75 Å². The molecule has 160 valence electrons. The van der Waals surface area contributed by atoms with Crippen LogP contribution in [0.15, 0.2) is 60.7 Å². The molecule has 1 fully saturated rings. The van der Waals surface area contributed by atoms with E-state index in [1.54, 1.807) is 7.11 Å². The Kier molecular flexibility index (Phi) is 6.31. The van der Waals surface area contributed by atoms with Gasteiger partial charge in [-0.15, -0.1) is 10.2 Å². The maximum atomic E-state index is 12.6. The van der Waals surface area contributed by atoms with Gasteiger partial charge in [-0.1, -0.05) is 29.8 Å². The lowest BCUT2D eigenvalue weighted by molar-refractivity contribution is -0.130. The first kappa shape index (κ1) is 20.7. The molecule has 0 spiro atoms. The number of ether oxygens (including phenoxy) is 1. The number of anilines is 3. The second-order valence-corrected chi connectivity index (χ2v) is 7.66. The molecule has 1 amide bonds. The van der Waals surface area contributed by atoms with Crippen LogP contribution < -0.4 is 15.0 Å². The van der Waals surface area contributed by atoms with Gasteiger partial charge in [-0.25, -0.2) is 0 Å². The first-order chi connectivity index (χ1) is 15.1. The maximum Gasteiger partial charge on any atom is 0.227 e. The highest BCUT2D eigenvalue weighted by Gasteiger charge is 2.22. The summed E-state index contributed by atoms with van der Waals surface area (Å²) in [5, 5.41) is 11.9. The van der Waals surface area contributed by atoms with Crippen molar-refractivity contribution in [1.29, 1.82) is 0 Å². The highest BCUT2D eigenvalue weighted by molar-refractivity contribution is 5.79. The zero-order valence-corrected chi connectivity index (χ0v) is 17.9. The van der Waals surface area contributed by atoms with Crippen molar-refractivity contribution in [2.24, 2.45) is 0 Å². The molecule has 2 heterocycles. The average Bonchev–Trinajstić information content (AvgIpc) is 2.82. The van der Waals surface area contributed by atoms with Crippen LogP contribution in [0.2, 0.25) is 0 Å². The molecule has 1 saturated heterocycles. The highest BCUT2D eigenvalue weighted by atomic mass is 16.5. The second kappa shape index (κ2) is 9.47. The van der Waals surface area contributed by atoms with Gasteiger partial charge in [-0.2, -0.15) is 0 Å². The fraction of sp³-hybridized carbons (Fsp3) is 0.292. The van der Waals surface area contributed by atoms with Gasteiger partial charge in [0.25, 0.3) is 0 Å². The lowest BCUT2D eigenvalue weighted by atomic mass is 10.1. The smallest absolute Gasteiger partial charge is 0.227 e. The average molecular weight is 418 g/mol. The minimum Gasteiger partial charge on any atom is -0.497 e. The van der Waals surface area contributed by atoms with Gasteiger partial charge in [-0.3, -0.25) is 4.79 Å². The van der Waals surface area contributed by atoms with Crippen molar-refractivity contribution in [2.45, 2.75) is 13.3 Å². The lowest BCUT2D eigenvalue weighted by Crippen LogP contribution is -2.49. The number of benzene rings is 2. The Morgan fingerprint density at radius 2 is 1.65 bits per heavy atom. The van der Waals surface area contributed by atoms with Crippen LogP contribution in [-0.2, 0) is 11.2 Å². The monoisotopic (exact) mass is 417 g/mol. The topological polar surface area (TPSA) is 70.6 Å². The molecule has 4 rings (SSSR count). The fourth-order valence-electron chi connectivity index (χ4n) is 3.56. The van der Waals surface area contributed by atoms with E-state index in [9.17, 15) is 4.79 Å². The molecule has 31 heavy (non-hydrogen) atoms. The van der Waals surface area contributed by atoms with Crippen molar-refractivity contribution in [3.05, 3.63) is 71.8 Å². The van der Waals surface area contributed by atoms with E-state index in [4.69, 9.17) is 4.74 Å². The Morgan fingerprint density at radius 1 is 0.935 bits per heavy atom. The summed E-state index contributed by atoms with van der Waals surface area (Å²) in [7, 11) is 1.64. The summed E-state index contributed by atoms with van der Waals surface area (Å²) in [5.74, 6) is 2.48. The number of carbonyl (C=O) groups excluding carboxylic acids is 1. The third-order valence-electron chi connectivity index (χ3n) is 5.45. The number of aryl methyl sites for hydroxylation is 1. The van der Waals surface area contributed by atoms with Crippen LogP contribution in [0.1, 0.15) is 11.1 Å². The zero-order valence-electron chi connectivity index (χ0n) is 17.9. The second-order valence-electron chi connectivity index (χ2n) is 7.66. The third-order valence-corrected chi connectivity index (χ3v) is 5.45. The van der Waals surface area contributed by atoms with Gasteiger partial charge in [0, 0.05) is 31.9 Å². The van der Waals surface area contributed by atoms with Gasteiger partial charge >= 0.3 is 0 Å². The number of amides is 1. The lowest BCUT2D eigenvalue weighted by Gasteiger charge is -2.35. The van der Waals surface area contributed by atoms with Crippen LogP contribution in [0, 0.1) is 6.92 Å². The van der Waals surface area contributed by atoms with E-state index >= 15 is 0 Å². The Bertz CT molecular complexity index is 996. The molecule has 0 aliphatic carbocycles. The molecule has 7 nitrogen and oxygen atoms in total. The van der Waals surface area contributed by atoms with Crippen LogP contribution in [0.4, 0.5) is 17.3 Å². The van der Waals surface area contributed by atoms with E-state index < -0.39 is 0 Å². The zero-order chi connectivity index (χ0) is 21.6. The molecule has 0 atom stereocenters. The van der Waals surface area contributed by atoms with Gasteiger partial charge < -0.3 is 19.9 Å². The summed E-state index contributed by atoms with van der Waals surface area (Å²) in [6.07, 6.45) is 0.406. The summed E-state index contributed by atoms with van der Waals surface area (Å²) in [5.41, 5.74) is 3.20. The van der Waals surface area contributed by atoms with Crippen molar-refractivity contribution >= 4 is 23.2 Å². The molecular formula is C24H27N5O2. The van der Waals surface area contributed by atoms with E-state index in [-0.39, 0.29) is 5.91 Å². The van der Waals surface area contributed by atoms with Crippen LogP contribution in [0.25, 0.3) is 0 Å². The predicted molar refractivity (Wildman–Crippen MR) is 122 cm³/mol. The van der Waals surface area contributed by atoms with Crippen LogP contribution in [0.3, 0.4) is 0 Å². The molecule has 1 N–H and O–H groups in total. The quantitative estimate of drug-likeness (QED) is 0.663. The number of piperazine rings is 1. The molecule has 0 radical (unpaired) electrons. The first-order valence-corrected chi connectivity index (χ1v) is 10.4. The van der Waals surface area contributed by atoms with E-state index in [0.29, 0.717) is 25.3 Å². The molecule has 0 unspecified atom stereocenters. The van der Waals surface area contributed by atoms with Crippen molar-refractivity contribution < 1.29 is 9.53 Å². The third kappa shape index (κ3) is 5.31. The summed E-state index contributed by atoms with van der Waals surface area (Å²) in [6.45, 7) is 4.91. The van der Waals surface area contributed by atoms with Crippen molar-refractivity contribution in [3.63, 3.8) is 0 Å². The molecule has 1 aromatic heterocycles. The van der Waals surface area contributed by atoms with Crippen molar-refractivity contribution in [3.8, 4) is 5.75 Å². The first-order valence-electron chi connectivity index (χ1n) is 10.4. The number of nitrogens with one attached hydrogen (secondary N) is 1. The molecule has 1 aliphatic heterocycles. The predicted octanol–water partition coefficient (Wildman–Crippen LogP) is 3.43. The van der Waals surface area contributed by atoms with E-state index in [2.05, 4.69) is 39.5 Å². The Balaban J connectivity index is 1.28. The van der Waals surface area contributed by atoms with Crippen LogP contribution in [0.5, 0.6) is 5.75 Å². The summed E-state index contributed by atoms with van der Waals surface area (Å²) in [6, 6.07) is 19.7. The van der Waals surface area contributed by atoms with Crippen molar-refractivity contribution in [1.82, 2.24) is 15.1 Å². The highest BCUT2D eigenvalue weighted by Crippen LogP contribution is 2.19. The Morgan fingerprint density at radius 3 is 2.26 bits per heavy atom. The number of nitrogens with zero attached hydrogens (tertiary/aromatic N) is 4. The number of hydrogen-bond donors (Lipinski definition) is 1. The fourth-order valence-corrected chi connectivity index (χ4v) is 3.56. The summed E-state index contributed by atoms with van der Waals surface area (Å²) < 4.78 is 5.17. The number of aromatic nitrogens is 2. The molecule has 0 saturated carbocycles. The Labute approximate surface area is 182 Å². The number of rotatable bonds is 6. The summed E-state index contributed by atoms with van der Waals surface area (Å²) in [4.78, 5) is 16.7. The SMILES string of the molecule is COc1ccc(CC(=O)N2CCN(c3ccc(Nc4ccc(C)cc4)nn3)CC2)cc1. The van der Waals surface area contributed by atoms with Gasteiger partial charge in [0.2, 0.25) is 5.91 Å². The van der Waals surface area contributed by atoms with Crippen LogP contribution >= 0.6 is 0 Å². The minimum atomic E-state index is 0.147. The molecule has 1 aliphatic rings. The molecule has 7 heteroatoms. The molecule has 3 aromatic rings. The van der Waals surface area contributed by atoms with Crippen molar-refractivity contribution in [2.75, 3.05) is 43.5 Å². The molecule has 0 bridgehead atoms. The number of carbonyl (C=O) groups is 1. The van der Waals surface area contributed by atoms with Crippen LogP contribution in [-0.4, -0.2) is 54.3 Å². The standard InChI is InChI=1S/C24H27N5O2/c1-18-3-7-20(8-4-18)25-22-11-12-23(27-26-22)28-13-15-29(16-14-28)24(30)17-19-5-9-21(31-2)10-6-19/h3-12H,13-17H2,1-2H3,(H,25,26). The van der Waals surface area contributed by atoms with Gasteiger partial charge in [0.05, 0.1) is 13.5 Å². The number of methoxy groups -OCH3 is 1.